The fourth-order valence-corrected chi connectivity index (χ4v) is 3.65. The molecule has 0 aliphatic rings. The molecule has 25 heavy (non-hydrogen) atoms. The minimum atomic E-state index is -4.63. The van der Waals surface area contributed by atoms with Gasteiger partial charge in [-0.3, -0.25) is 0 Å². The van der Waals surface area contributed by atoms with Gasteiger partial charge >= 0.3 is 6.18 Å². The first kappa shape index (κ1) is 20.4. The van der Waals surface area contributed by atoms with Crippen molar-refractivity contribution in [3.8, 4) is 0 Å². The lowest BCUT2D eigenvalue weighted by atomic mass is 10.1. The minimum absolute atomic E-state index is 0.117. The fourth-order valence-electron chi connectivity index (χ4n) is 2.47. The van der Waals surface area contributed by atoms with E-state index < -0.39 is 32.2 Å². The second-order valence-corrected chi connectivity index (χ2v) is 13.5. The Bertz CT molecular complexity index is 768. The van der Waals surface area contributed by atoms with Crippen LogP contribution < -0.4 is 0 Å². The summed E-state index contributed by atoms with van der Waals surface area (Å²) in [6, 6.07) is 2.76. The van der Waals surface area contributed by atoms with E-state index in [2.05, 4.69) is 35.6 Å². The van der Waals surface area contributed by atoms with Crippen molar-refractivity contribution in [1.82, 2.24) is 4.57 Å². The van der Waals surface area contributed by atoms with Gasteiger partial charge in [0.15, 0.2) is 5.82 Å². The van der Waals surface area contributed by atoms with Gasteiger partial charge in [0.05, 0.1) is 22.2 Å². The van der Waals surface area contributed by atoms with Crippen molar-refractivity contribution in [2.45, 2.75) is 45.2 Å². The molecule has 0 amide bonds. The molecule has 0 spiro atoms. The zero-order chi connectivity index (χ0) is 19.0. The lowest BCUT2D eigenvalue weighted by molar-refractivity contribution is -0.136. The summed E-state index contributed by atoms with van der Waals surface area (Å²) in [4.78, 5) is 0. The third-order valence-electron chi connectivity index (χ3n) is 3.85. The largest absolute Gasteiger partial charge is 0.417 e. The number of fused-ring (bicyclic) bond motifs is 1. The highest BCUT2D eigenvalue weighted by atomic mass is 79.9. The Hall–Kier alpha value is -0.903. The van der Waals surface area contributed by atoms with Crippen molar-refractivity contribution in [2.75, 3.05) is 6.61 Å². The van der Waals surface area contributed by atoms with Gasteiger partial charge in [-0.15, -0.1) is 0 Å². The molecule has 0 bridgehead atoms. The predicted molar refractivity (Wildman–Crippen MR) is 94.6 cm³/mol. The van der Waals surface area contributed by atoms with Crippen LogP contribution in [0.2, 0.25) is 25.7 Å². The monoisotopic (exact) mass is 441 g/mol. The van der Waals surface area contributed by atoms with Crippen LogP contribution in [0.15, 0.2) is 16.6 Å². The molecule has 0 unspecified atom stereocenters. The molecule has 0 aliphatic heterocycles. The van der Waals surface area contributed by atoms with Crippen molar-refractivity contribution >= 4 is 34.9 Å². The molecule has 140 valence electrons. The number of hydrogen-bond acceptors (Lipinski definition) is 2. The molecule has 0 saturated heterocycles. The maximum Gasteiger partial charge on any atom is 0.417 e. The molecule has 1 N–H and O–H groups in total. The molecule has 1 aromatic carbocycles. The lowest BCUT2D eigenvalue weighted by Gasteiger charge is -2.17. The third kappa shape index (κ3) is 4.63. The molecule has 0 fully saturated rings. The molecule has 9 heteroatoms. The van der Waals surface area contributed by atoms with Crippen molar-refractivity contribution < 1.29 is 27.4 Å². The Morgan fingerprint density at radius 1 is 1.24 bits per heavy atom. The van der Waals surface area contributed by atoms with Crippen LogP contribution in [0.25, 0.3) is 10.9 Å². The number of hydrogen-bond donors (Lipinski definition) is 1. The zero-order valence-corrected chi connectivity index (χ0v) is 16.8. The van der Waals surface area contributed by atoms with E-state index in [0.29, 0.717) is 6.61 Å². The number of aromatic nitrogens is 1. The van der Waals surface area contributed by atoms with Crippen LogP contribution in [-0.2, 0) is 24.3 Å². The summed E-state index contributed by atoms with van der Waals surface area (Å²) >= 11 is 2.85. The molecule has 1 aromatic heterocycles. The van der Waals surface area contributed by atoms with Gasteiger partial charge < -0.3 is 14.4 Å². The smallest absolute Gasteiger partial charge is 0.390 e. The number of aliphatic hydroxyl groups is 1. The highest BCUT2D eigenvalue weighted by Gasteiger charge is 2.35. The molecule has 3 nitrogen and oxygen atoms in total. The molecule has 0 aliphatic carbocycles. The number of ether oxygens (including phenoxy) is 1. The number of halogens is 5. The summed E-state index contributed by atoms with van der Waals surface area (Å²) in [5, 5.41) is 9.19. The number of aliphatic hydroxyl groups excluding tert-OH is 1. The summed E-state index contributed by atoms with van der Waals surface area (Å²) in [6.07, 6.45) is -4.63. The summed E-state index contributed by atoms with van der Waals surface area (Å²) in [7, 11) is -1.32. The predicted octanol–water partition coefficient (Wildman–Crippen LogP) is 5.37. The van der Waals surface area contributed by atoms with Crippen molar-refractivity contribution in [3.63, 3.8) is 0 Å². The van der Waals surface area contributed by atoms with E-state index in [1.807, 2.05) is 0 Å². The Balaban J connectivity index is 2.47. The average molecular weight is 442 g/mol. The second kappa shape index (κ2) is 7.38. The zero-order valence-electron chi connectivity index (χ0n) is 14.2. The van der Waals surface area contributed by atoms with Crippen LogP contribution in [0, 0.1) is 5.82 Å². The van der Waals surface area contributed by atoms with E-state index in [4.69, 9.17) is 4.74 Å². The van der Waals surface area contributed by atoms with Gasteiger partial charge in [0.1, 0.15) is 6.73 Å². The van der Waals surface area contributed by atoms with E-state index in [1.54, 1.807) is 0 Å². The third-order valence-corrected chi connectivity index (χ3v) is 6.13. The van der Waals surface area contributed by atoms with E-state index in [9.17, 15) is 22.7 Å². The summed E-state index contributed by atoms with van der Waals surface area (Å²) in [5.41, 5.74) is -1.00. The molecule has 1 heterocycles. The van der Waals surface area contributed by atoms with Gasteiger partial charge in [-0.25, -0.2) is 4.39 Å². The van der Waals surface area contributed by atoms with E-state index in [1.165, 1.54) is 4.57 Å². The minimum Gasteiger partial charge on any atom is -0.390 e. The van der Waals surface area contributed by atoms with Crippen LogP contribution in [0.3, 0.4) is 0 Å². The molecular formula is C16H20BrF4NO2Si. The first-order valence-electron chi connectivity index (χ1n) is 7.71. The van der Waals surface area contributed by atoms with Crippen LogP contribution in [0.4, 0.5) is 17.6 Å². The maximum atomic E-state index is 14.5. The second-order valence-electron chi connectivity index (χ2n) is 7.05. The highest BCUT2D eigenvalue weighted by Crippen LogP contribution is 2.40. The standard InChI is InChI=1S/C16H20BrF4NO2Si/c1-25(2,3)5-4-24-9-22-10(8-23)6-11-12(16(19,20)21)7-13(17)14(18)15(11)22/h6-7,23H,4-5,8-9H2,1-3H3. The number of nitrogens with zero attached hydrogens (tertiary/aromatic N) is 1. The van der Waals surface area contributed by atoms with Crippen LogP contribution in [0.1, 0.15) is 11.3 Å². The van der Waals surface area contributed by atoms with E-state index in [-0.39, 0.29) is 27.8 Å². The van der Waals surface area contributed by atoms with Crippen LogP contribution in [-0.4, -0.2) is 24.4 Å². The summed E-state index contributed by atoms with van der Waals surface area (Å²) in [5.74, 6) is -0.809. The molecule has 0 saturated carbocycles. The van der Waals surface area contributed by atoms with Crippen molar-refractivity contribution in [3.05, 3.63) is 33.7 Å². The quantitative estimate of drug-likeness (QED) is 0.371. The van der Waals surface area contributed by atoms with Gasteiger partial charge in [0.25, 0.3) is 0 Å². The van der Waals surface area contributed by atoms with Gasteiger partial charge in [0.2, 0.25) is 0 Å². The Labute approximate surface area is 152 Å². The van der Waals surface area contributed by atoms with E-state index >= 15 is 0 Å². The molecule has 2 rings (SSSR count). The first-order chi connectivity index (χ1) is 11.5. The topological polar surface area (TPSA) is 34.4 Å². The molecule has 0 radical (unpaired) electrons. The lowest BCUT2D eigenvalue weighted by Crippen LogP contribution is -2.22. The summed E-state index contributed by atoms with van der Waals surface area (Å²) in [6.45, 7) is 6.32. The maximum absolute atomic E-state index is 14.5. The van der Waals surface area contributed by atoms with Gasteiger partial charge in [-0.05, 0) is 34.1 Å². The number of rotatable bonds is 6. The van der Waals surface area contributed by atoms with Gasteiger partial charge in [-0.1, -0.05) is 19.6 Å². The Morgan fingerprint density at radius 2 is 1.88 bits per heavy atom. The molecular weight excluding hydrogens is 422 g/mol. The van der Waals surface area contributed by atoms with Crippen LogP contribution in [0.5, 0.6) is 0 Å². The molecule has 0 atom stereocenters. The number of benzene rings is 1. The molecule has 2 aromatic rings. The first-order valence-corrected chi connectivity index (χ1v) is 12.2. The highest BCUT2D eigenvalue weighted by molar-refractivity contribution is 9.10. The van der Waals surface area contributed by atoms with Crippen LogP contribution >= 0.6 is 15.9 Å². The van der Waals surface area contributed by atoms with Gasteiger partial charge in [-0.2, -0.15) is 13.2 Å². The van der Waals surface area contributed by atoms with Gasteiger partial charge in [0, 0.05) is 25.8 Å². The number of alkyl halides is 3. The van der Waals surface area contributed by atoms with E-state index in [0.717, 1.165) is 18.2 Å². The Morgan fingerprint density at radius 3 is 2.40 bits per heavy atom. The normalized spacial score (nSPS) is 13.0. The van der Waals surface area contributed by atoms with Crippen molar-refractivity contribution in [2.24, 2.45) is 0 Å². The fraction of sp³-hybridized carbons (Fsp3) is 0.500. The SMILES string of the molecule is C[Si](C)(C)CCOCn1c(CO)cc2c(C(F)(F)F)cc(Br)c(F)c21. The summed E-state index contributed by atoms with van der Waals surface area (Å²) < 4.78 is 60.8. The Kier molecular flexibility index (Phi) is 6.02. The van der Waals surface area contributed by atoms with Crippen molar-refractivity contribution in [1.29, 1.82) is 0 Å². The average Bonchev–Trinajstić information content (AvgIpc) is 2.84.